The molecule has 0 aliphatic rings. The molecule has 0 saturated carbocycles. The topological polar surface area (TPSA) is 17.1 Å². The molecule has 0 aliphatic heterocycles. The standard InChI is InChI=1S/C9H12Cl2O/c1-3-5-7(9(11)12)8(10)6-4-2/h5-6H,3-4H2,1-2H3/b7-5-,8-6-. The summed E-state index contributed by atoms with van der Waals surface area (Å²) in [5.74, 6) is 0. The third-order valence-corrected chi connectivity index (χ3v) is 1.82. The zero-order valence-electron chi connectivity index (χ0n) is 7.23. The highest BCUT2D eigenvalue weighted by Gasteiger charge is 2.08. The molecule has 12 heavy (non-hydrogen) atoms. The fraction of sp³-hybridized carbons (Fsp3) is 0.444. The molecule has 0 rings (SSSR count). The van der Waals surface area contributed by atoms with Crippen molar-refractivity contribution in [3.05, 3.63) is 22.8 Å². The quantitative estimate of drug-likeness (QED) is 0.391. The second-order valence-electron chi connectivity index (χ2n) is 2.26. The van der Waals surface area contributed by atoms with E-state index in [1.165, 1.54) is 0 Å². The maximum absolute atomic E-state index is 10.8. The number of hydrogen-bond acceptors (Lipinski definition) is 1. The van der Waals surface area contributed by atoms with Crippen molar-refractivity contribution < 1.29 is 4.79 Å². The van der Waals surface area contributed by atoms with Gasteiger partial charge >= 0.3 is 0 Å². The molecule has 0 unspecified atom stereocenters. The number of halogens is 2. The summed E-state index contributed by atoms with van der Waals surface area (Å²) >= 11 is 11.1. The van der Waals surface area contributed by atoms with Gasteiger partial charge in [-0.2, -0.15) is 0 Å². The van der Waals surface area contributed by atoms with E-state index in [1.54, 1.807) is 12.2 Å². The van der Waals surface area contributed by atoms with Gasteiger partial charge in [0.15, 0.2) is 0 Å². The average Bonchev–Trinajstić information content (AvgIpc) is 1.99. The molecule has 0 spiro atoms. The molecular weight excluding hydrogens is 195 g/mol. The Balaban J connectivity index is 4.64. The SMILES string of the molecule is CC/C=C(Cl)/C(=C/CC)C(=O)Cl. The average molecular weight is 207 g/mol. The van der Waals surface area contributed by atoms with Crippen LogP contribution in [0.4, 0.5) is 0 Å². The summed E-state index contributed by atoms with van der Waals surface area (Å²) in [6.45, 7) is 3.88. The van der Waals surface area contributed by atoms with Crippen LogP contribution in [0, 0.1) is 0 Å². The van der Waals surface area contributed by atoms with Crippen LogP contribution < -0.4 is 0 Å². The Bertz CT molecular complexity index is 217. The molecule has 0 aromatic heterocycles. The second kappa shape index (κ2) is 6.27. The zero-order valence-corrected chi connectivity index (χ0v) is 8.74. The molecule has 1 nitrogen and oxygen atoms in total. The van der Waals surface area contributed by atoms with E-state index in [1.807, 2.05) is 13.8 Å². The van der Waals surface area contributed by atoms with Crippen molar-refractivity contribution in [3.8, 4) is 0 Å². The third-order valence-electron chi connectivity index (χ3n) is 1.26. The van der Waals surface area contributed by atoms with E-state index >= 15 is 0 Å². The van der Waals surface area contributed by atoms with Crippen LogP contribution in [-0.2, 0) is 4.79 Å². The minimum atomic E-state index is -0.494. The summed E-state index contributed by atoms with van der Waals surface area (Å²) in [6, 6.07) is 0. The molecule has 0 amide bonds. The van der Waals surface area contributed by atoms with Gasteiger partial charge in [0.2, 0.25) is 0 Å². The van der Waals surface area contributed by atoms with E-state index in [9.17, 15) is 4.79 Å². The molecule has 0 atom stereocenters. The summed E-state index contributed by atoms with van der Waals surface area (Å²) in [6.07, 6.45) is 5.04. The van der Waals surface area contributed by atoms with E-state index < -0.39 is 5.24 Å². The Labute approximate surface area is 83.0 Å². The summed E-state index contributed by atoms with van der Waals surface area (Å²) in [5, 5.41) is -0.0501. The largest absolute Gasteiger partial charge is 0.276 e. The summed E-state index contributed by atoms with van der Waals surface area (Å²) in [7, 11) is 0. The Morgan fingerprint density at radius 3 is 2.00 bits per heavy atom. The van der Waals surface area contributed by atoms with E-state index in [0.717, 1.165) is 12.8 Å². The van der Waals surface area contributed by atoms with Crippen LogP contribution in [0.3, 0.4) is 0 Å². The molecule has 0 fully saturated rings. The Morgan fingerprint density at radius 2 is 1.67 bits per heavy atom. The second-order valence-corrected chi connectivity index (χ2v) is 3.01. The number of rotatable bonds is 4. The fourth-order valence-electron chi connectivity index (χ4n) is 0.765. The first-order chi connectivity index (χ1) is 5.63. The molecule has 3 heteroatoms. The van der Waals surface area contributed by atoms with Gasteiger partial charge in [0, 0.05) is 10.6 Å². The van der Waals surface area contributed by atoms with Gasteiger partial charge in [0.25, 0.3) is 5.24 Å². The van der Waals surface area contributed by atoms with E-state index in [2.05, 4.69) is 0 Å². The van der Waals surface area contributed by atoms with Crippen LogP contribution in [0.2, 0.25) is 0 Å². The van der Waals surface area contributed by atoms with Crippen molar-refractivity contribution in [2.75, 3.05) is 0 Å². The summed E-state index contributed by atoms with van der Waals surface area (Å²) < 4.78 is 0. The maximum atomic E-state index is 10.8. The molecule has 0 N–H and O–H groups in total. The molecule has 0 heterocycles. The van der Waals surface area contributed by atoms with Crippen LogP contribution in [0.15, 0.2) is 22.8 Å². The van der Waals surface area contributed by atoms with Gasteiger partial charge in [0.1, 0.15) is 0 Å². The van der Waals surface area contributed by atoms with Gasteiger partial charge < -0.3 is 0 Å². The summed E-state index contributed by atoms with van der Waals surface area (Å²) in [5.41, 5.74) is 0.405. The lowest BCUT2D eigenvalue weighted by atomic mass is 10.2. The lowest BCUT2D eigenvalue weighted by Crippen LogP contribution is -1.93. The molecule has 0 saturated heterocycles. The van der Waals surface area contributed by atoms with Gasteiger partial charge in [-0.15, -0.1) is 0 Å². The van der Waals surface area contributed by atoms with E-state index in [4.69, 9.17) is 23.2 Å². The molecule has 0 aromatic carbocycles. The van der Waals surface area contributed by atoms with Crippen LogP contribution in [0.25, 0.3) is 0 Å². The van der Waals surface area contributed by atoms with Gasteiger partial charge in [-0.3, -0.25) is 4.79 Å². The Hall–Kier alpha value is -0.270. The van der Waals surface area contributed by atoms with Crippen LogP contribution in [0.5, 0.6) is 0 Å². The highest BCUT2D eigenvalue weighted by Crippen LogP contribution is 2.18. The highest BCUT2D eigenvalue weighted by atomic mass is 35.5. The highest BCUT2D eigenvalue weighted by molar-refractivity contribution is 6.69. The third kappa shape index (κ3) is 3.93. The van der Waals surface area contributed by atoms with Gasteiger partial charge in [-0.25, -0.2) is 0 Å². The maximum Gasteiger partial charge on any atom is 0.253 e. The predicted octanol–water partition coefficient (Wildman–Crippen LogP) is 3.62. The molecule has 0 radical (unpaired) electrons. The minimum Gasteiger partial charge on any atom is -0.276 e. The Morgan fingerprint density at radius 1 is 1.17 bits per heavy atom. The number of allylic oxidation sites excluding steroid dienone is 4. The fourth-order valence-corrected chi connectivity index (χ4v) is 1.31. The molecule has 0 bridgehead atoms. The monoisotopic (exact) mass is 206 g/mol. The lowest BCUT2D eigenvalue weighted by molar-refractivity contribution is -0.108. The van der Waals surface area contributed by atoms with Crippen LogP contribution in [-0.4, -0.2) is 5.24 Å². The van der Waals surface area contributed by atoms with Crippen molar-refractivity contribution in [3.63, 3.8) is 0 Å². The number of carbonyl (C=O) groups excluding carboxylic acids is 1. The summed E-state index contributed by atoms with van der Waals surface area (Å²) in [4.78, 5) is 10.8. The normalized spacial score (nSPS) is 13.3. The van der Waals surface area contributed by atoms with Crippen molar-refractivity contribution in [2.45, 2.75) is 26.7 Å². The van der Waals surface area contributed by atoms with E-state index in [0.29, 0.717) is 10.6 Å². The Kier molecular flexibility index (Phi) is 6.13. The van der Waals surface area contributed by atoms with E-state index in [-0.39, 0.29) is 0 Å². The van der Waals surface area contributed by atoms with Crippen LogP contribution >= 0.6 is 23.2 Å². The van der Waals surface area contributed by atoms with Crippen LogP contribution in [0.1, 0.15) is 26.7 Å². The van der Waals surface area contributed by atoms with Gasteiger partial charge in [-0.1, -0.05) is 37.6 Å². The smallest absolute Gasteiger partial charge is 0.253 e. The molecule has 0 aromatic rings. The first-order valence-corrected chi connectivity index (χ1v) is 4.65. The minimum absolute atomic E-state index is 0.405. The number of carbonyl (C=O) groups is 1. The number of hydrogen-bond donors (Lipinski definition) is 0. The van der Waals surface area contributed by atoms with Gasteiger partial charge in [-0.05, 0) is 24.4 Å². The molecule has 0 aliphatic carbocycles. The zero-order chi connectivity index (χ0) is 9.56. The predicted molar refractivity (Wildman–Crippen MR) is 53.5 cm³/mol. The first kappa shape index (κ1) is 11.7. The lowest BCUT2D eigenvalue weighted by Gasteiger charge is -1.98. The first-order valence-electron chi connectivity index (χ1n) is 3.89. The van der Waals surface area contributed by atoms with Crippen molar-refractivity contribution in [1.82, 2.24) is 0 Å². The van der Waals surface area contributed by atoms with Gasteiger partial charge in [0.05, 0.1) is 0 Å². The van der Waals surface area contributed by atoms with Crippen molar-refractivity contribution in [1.29, 1.82) is 0 Å². The van der Waals surface area contributed by atoms with Crippen molar-refractivity contribution >= 4 is 28.4 Å². The van der Waals surface area contributed by atoms with Crippen molar-refractivity contribution in [2.24, 2.45) is 0 Å². The molecular formula is C9H12Cl2O. The molecule has 68 valence electrons.